The topological polar surface area (TPSA) is 64.4 Å². The number of hydrogen-bond donors (Lipinski definition) is 1. The highest BCUT2D eigenvalue weighted by atomic mass is 79.9. The number of nitrogens with zero attached hydrogens (tertiary/aromatic N) is 2. The summed E-state index contributed by atoms with van der Waals surface area (Å²) in [5, 5.41) is 14.1. The van der Waals surface area contributed by atoms with Gasteiger partial charge in [-0.1, -0.05) is 0 Å². The Labute approximate surface area is 120 Å². The Hall–Kier alpha value is -0.880. The standard InChI is InChI=1S/C13H17BrN2O3/c1-7-11(14)9(16(2)15-7)6-13(12(17)18)5-8-3-4-10(13)19-8/h8,10H,3-6H2,1-2H3,(H,17,18). The van der Waals surface area contributed by atoms with E-state index in [1.807, 2.05) is 14.0 Å². The number of rotatable bonds is 3. The molecule has 2 saturated heterocycles. The van der Waals surface area contributed by atoms with Gasteiger partial charge in [-0.25, -0.2) is 0 Å². The molecular weight excluding hydrogens is 312 g/mol. The van der Waals surface area contributed by atoms with Crippen LogP contribution in [0.4, 0.5) is 0 Å². The number of aromatic nitrogens is 2. The minimum absolute atomic E-state index is 0.120. The molecule has 1 N–H and O–H groups in total. The lowest BCUT2D eigenvalue weighted by molar-refractivity contribution is -0.152. The van der Waals surface area contributed by atoms with Crippen molar-refractivity contribution in [3.8, 4) is 0 Å². The first kappa shape index (κ1) is 13.1. The Morgan fingerprint density at radius 2 is 2.37 bits per heavy atom. The maximum atomic E-state index is 11.8. The third kappa shape index (κ3) is 1.84. The van der Waals surface area contributed by atoms with Gasteiger partial charge in [0.15, 0.2) is 0 Å². The minimum atomic E-state index is -0.786. The van der Waals surface area contributed by atoms with Crippen molar-refractivity contribution >= 4 is 21.9 Å². The van der Waals surface area contributed by atoms with E-state index in [1.54, 1.807) is 4.68 Å². The fourth-order valence-corrected chi connectivity index (χ4v) is 3.93. The lowest BCUT2D eigenvalue weighted by atomic mass is 9.71. The van der Waals surface area contributed by atoms with Crippen LogP contribution in [0.3, 0.4) is 0 Å². The quantitative estimate of drug-likeness (QED) is 0.922. The predicted molar refractivity (Wildman–Crippen MR) is 71.9 cm³/mol. The molecule has 19 heavy (non-hydrogen) atoms. The van der Waals surface area contributed by atoms with Gasteiger partial charge in [0.05, 0.1) is 28.1 Å². The van der Waals surface area contributed by atoms with Crippen molar-refractivity contribution in [3.63, 3.8) is 0 Å². The molecule has 5 nitrogen and oxygen atoms in total. The molecule has 3 unspecified atom stereocenters. The Morgan fingerprint density at radius 1 is 1.63 bits per heavy atom. The fraction of sp³-hybridized carbons (Fsp3) is 0.692. The van der Waals surface area contributed by atoms with Gasteiger partial charge in [-0.05, 0) is 42.1 Å². The molecule has 0 aromatic carbocycles. The first-order chi connectivity index (χ1) is 8.94. The zero-order valence-corrected chi connectivity index (χ0v) is 12.6. The van der Waals surface area contributed by atoms with E-state index in [-0.39, 0.29) is 12.2 Å². The SMILES string of the molecule is Cc1nn(C)c(CC2(C(=O)O)CC3CCC2O3)c1Br. The number of hydrogen-bond acceptors (Lipinski definition) is 3. The summed E-state index contributed by atoms with van der Waals surface area (Å²) in [6.07, 6.45) is 2.90. The second-order valence-corrected chi connectivity index (χ2v) is 6.43. The summed E-state index contributed by atoms with van der Waals surface area (Å²) in [6, 6.07) is 0. The van der Waals surface area contributed by atoms with Gasteiger partial charge < -0.3 is 9.84 Å². The molecule has 0 saturated carbocycles. The second-order valence-electron chi connectivity index (χ2n) is 5.64. The molecule has 0 aliphatic carbocycles. The first-order valence-electron chi connectivity index (χ1n) is 6.51. The van der Waals surface area contributed by atoms with Crippen molar-refractivity contribution in [2.24, 2.45) is 12.5 Å². The summed E-state index contributed by atoms with van der Waals surface area (Å²) < 4.78 is 8.47. The number of carboxylic acid groups (broad SMARTS) is 1. The Kier molecular flexibility index (Phi) is 2.98. The molecule has 0 radical (unpaired) electrons. The molecular formula is C13H17BrN2O3. The van der Waals surface area contributed by atoms with Crippen molar-refractivity contribution in [1.29, 1.82) is 0 Å². The summed E-state index contributed by atoms with van der Waals surface area (Å²) >= 11 is 3.52. The van der Waals surface area contributed by atoms with E-state index < -0.39 is 11.4 Å². The van der Waals surface area contributed by atoms with E-state index in [0.717, 1.165) is 28.7 Å². The van der Waals surface area contributed by atoms with Crippen LogP contribution in [0.25, 0.3) is 0 Å². The average Bonchev–Trinajstić information content (AvgIpc) is 3.00. The van der Waals surface area contributed by atoms with Gasteiger partial charge in [0.25, 0.3) is 0 Å². The van der Waals surface area contributed by atoms with Crippen molar-refractivity contribution < 1.29 is 14.6 Å². The van der Waals surface area contributed by atoms with Gasteiger partial charge in [-0.2, -0.15) is 5.10 Å². The molecule has 6 heteroatoms. The molecule has 2 aliphatic heterocycles. The molecule has 3 atom stereocenters. The molecule has 2 fully saturated rings. The number of halogens is 1. The zero-order valence-electron chi connectivity index (χ0n) is 11.0. The van der Waals surface area contributed by atoms with E-state index >= 15 is 0 Å². The van der Waals surface area contributed by atoms with Gasteiger partial charge in [-0.3, -0.25) is 9.48 Å². The molecule has 0 spiro atoms. The monoisotopic (exact) mass is 328 g/mol. The van der Waals surface area contributed by atoms with Crippen LogP contribution in [0.2, 0.25) is 0 Å². The molecule has 1 aromatic heterocycles. The molecule has 2 bridgehead atoms. The van der Waals surface area contributed by atoms with Gasteiger partial charge in [0.2, 0.25) is 0 Å². The second kappa shape index (κ2) is 4.31. The summed E-state index contributed by atoms with van der Waals surface area (Å²) in [6.45, 7) is 1.92. The third-order valence-electron chi connectivity index (χ3n) is 4.49. The molecule has 0 amide bonds. The van der Waals surface area contributed by atoms with Crippen LogP contribution in [-0.2, 0) is 23.0 Å². The fourth-order valence-electron chi connectivity index (χ4n) is 3.46. The Morgan fingerprint density at radius 3 is 2.79 bits per heavy atom. The van der Waals surface area contributed by atoms with Crippen molar-refractivity contribution in [2.75, 3.05) is 0 Å². The van der Waals surface area contributed by atoms with E-state index in [9.17, 15) is 9.90 Å². The molecule has 2 aliphatic rings. The van der Waals surface area contributed by atoms with Crippen LogP contribution >= 0.6 is 15.9 Å². The van der Waals surface area contributed by atoms with Crippen LogP contribution < -0.4 is 0 Å². The highest BCUT2D eigenvalue weighted by molar-refractivity contribution is 9.10. The molecule has 104 valence electrons. The normalized spacial score (nSPS) is 33.0. The number of carbonyl (C=O) groups is 1. The molecule has 3 rings (SSSR count). The largest absolute Gasteiger partial charge is 0.481 e. The van der Waals surface area contributed by atoms with Crippen LogP contribution in [0.1, 0.15) is 30.7 Å². The number of aryl methyl sites for hydroxylation is 2. The summed E-state index contributed by atoms with van der Waals surface area (Å²) in [5.41, 5.74) is 1.05. The Bertz CT molecular complexity index is 542. The summed E-state index contributed by atoms with van der Waals surface area (Å²) in [4.78, 5) is 11.8. The highest BCUT2D eigenvalue weighted by Crippen LogP contribution is 2.50. The summed E-state index contributed by atoms with van der Waals surface area (Å²) in [7, 11) is 1.86. The number of aliphatic carboxylic acids is 1. The minimum Gasteiger partial charge on any atom is -0.481 e. The van der Waals surface area contributed by atoms with Crippen molar-refractivity contribution in [3.05, 3.63) is 15.9 Å². The predicted octanol–water partition coefficient (Wildman–Crippen LogP) is 2.06. The average molecular weight is 329 g/mol. The van der Waals surface area contributed by atoms with Gasteiger partial charge in [0.1, 0.15) is 5.41 Å². The van der Waals surface area contributed by atoms with Crippen LogP contribution in [-0.4, -0.2) is 33.1 Å². The van der Waals surface area contributed by atoms with Gasteiger partial charge in [-0.15, -0.1) is 0 Å². The lowest BCUT2D eigenvalue weighted by Crippen LogP contribution is -2.42. The summed E-state index contributed by atoms with van der Waals surface area (Å²) in [5.74, 6) is -0.745. The van der Waals surface area contributed by atoms with Gasteiger partial charge >= 0.3 is 5.97 Å². The van der Waals surface area contributed by atoms with Crippen molar-refractivity contribution in [1.82, 2.24) is 9.78 Å². The maximum Gasteiger partial charge on any atom is 0.312 e. The van der Waals surface area contributed by atoms with Crippen LogP contribution in [0.15, 0.2) is 4.47 Å². The van der Waals surface area contributed by atoms with Crippen LogP contribution in [0, 0.1) is 12.3 Å². The highest BCUT2D eigenvalue weighted by Gasteiger charge is 2.57. The van der Waals surface area contributed by atoms with E-state index in [2.05, 4.69) is 21.0 Å². The van der Waals surface area contributed by atoms with Gasteiger partial charge in [0, 0.05) is 13.5 Å². The number of carboxylic acids is 1. The van der Waals surface area contributed by atoms with E-state index in [4.69, 9.17) is 4.74 Å². The Balaban J connectivity index is 1.97. The number of fused-ring (bicyclic) bond motifs is 2. The first-order valence-corrected chi connectivity index (χ1v) is 7.30. The lowest BCUT2D eigenvalue weighted by Gasteiger charge is -2.31. The molecule has 1 aromatic rings. The van der Waals surface area contributed by atoms with E-state index in [1.165, 1.54) is 0 Å². The van der Waals surface area contributed by atoms with Crippen molar-refractivity contribution in [2.45, 2.75) is 44.8 Å². The third-order valence-corrected chi connectivity index (χ3v) is 5.52. The smallest absolute Gasteiger partial charge is 0.312 e. The zero-order chi connectivity index (χ0) is 13.8. The number of ether oxygens (including phenoxy) is 1. The maximum absolute atomic E-state index is 11.8. The molecule has 3 heterocycles. The van der Waals surface area contributed by atoms with Crippen LogP contribution in [0.5, 0.6) is 0 Å². The van der Waals surface area contributed by atoms with E-state index in [0.29, 0.717) is 12.8 Å².